The van der Waals surface area contributed by atoms with Crippen molar-refractivity contribution in [1.29, 1.82) is 5.26 Å². The predicted molar refractivity (Wildman–Crippen MR) is 136 cm³/mol. The quantitative estimate of drug-likeness (QED) is 0.549. The Balaban J connectivity index is 1.49. The van der Waals surface area contributed by atoms with Crippen molar-refractivity contribution in [3.05, 3.63) is 70.0 Å². The minimum Gasteiger partial charge on any atom is -0.379 e. The maximum Gasteiger partial charge on any atom is 0.243 e. The number of anilines is 1. The molecule has 2 aromatic rings. The van der Waals surface area contributed by atoms with Gasteiger partial charge in [0.15, 0.2) is 0 Å². The van der Waals surface area contributed by atoms with Gasteiger partial charge >= 0.3 is 0 Å². The van der Waals surface area contributed by atoms with Crippen LogP contribution in [0.2, 0.25) is 0 Å². The number of halogens is 1. The molecule has 194 valence electrons. The van der Waals surface area contributed by atoms with Gasteiger partial charge < -0.3 is 15.4 Å². The number of carbonyl (C=O) groups is 2. The van der Waals surface area contributed by atoms with Gasteiger partial charge in [-0.05, 0) is 36.2 Å². The molecule has 2 aliphatic rings. The highest BCUT2D eigenvalue weighted by Crippen LogP contribution is 2.37. The summed E-state index contributed by atoms with van der Waals surface area (Å²) in [7, 11) is -3.76. The van der Waals surface area contributed by atoms with Gasteiger partial charge in [-0.3, -0.25) is 9.59 Å². The lowest BCUT2D eigenvalue weighted by Gasteiger charge is -2.27. The smallest absolute Gasteiger partial charge is 0.243 e. The second-order valence-corrected chi connectivity index (χ2v) is 11.4. The topological polar surface area (TPSA) is 129 Å². The number of nitrogens with one attached hydrogen (secondary N) is 2. The molecule has 37 heavy (non-hydrogen) atoms. The zero-order valence-corrected chi connectivity index (χ0v) is 21.6. The summed E-state index contributed by atoms with van der Waals surface area (Å²) in [5, 5.41) is 15.2. The van der Waals surface area contributed by atoms with Gasteiger partial charge in [0, 0.05) is 31.1 Å². The summed E-state index contributed by atoms with van der Waals surface area (Å²) in [5.41, 5.74) is 1.27. The highest BCUT2D eigenvalue weighted by molar-refractivity contribution is 8.03. The third kappa shape index (κ3) is 6.02. The molecule has 0 spiro atoms. The van der Waals surface area contributed by atoms with Crippen molar-refractivity contribution in [3.63, 3.8) is 0 Å². The normalized spacial score (nSPS) is 18.7. The molecule has 2 aliphatic heterocycles. The highest BCUT2D eigenvalue weighted by atomic mass is 32.2. The molecule has 0 radical (unpaired) electrons. The first-order valence-electron chi connectivity index (χ1n) is 11.5. The first kappa shape index (κ1) is 26.8. The van der Waals surface area contributed by atoms with Crippen LogP contribution in [0, 0.1) is 24.1 Å². The number of amides is 2. The summed E-state index contributed by atoms with van der Waals surface area (Å²) in [6.07, 6.45) is -0.0795. The van der Waals surface area contributed by atoms with E-state index in [1.165, 1.54) is 28.6 Å². The van der Waals surface area contributed by atoms with Gasteiger partial charge in [0.05, 0.1) is 40.5 Å². The Kier molecular flexibility index (Phi) is 8.29. The summed E-state index contributed by atoms with van der Waals surface area (Å²) >= 11 is 0.951. The van der Waals surface area contributed by atoms with Crippen molar-refractivity contribution in [1.82, 2.24) is 9.62 Å². The minimum atomic E-state index is -3.76. The third-order valence-corrected chi connectivity index (χ3v) is 9.10. The SMILES string of the molecule is Cc1ccc(NC(=O)CSC2=C(C#N)[C@H](c3ccccc3F)CC(=O)N2)cc1S(=O)(=O)N1CCOCC1. The van der Waals surface area contributed by atoms with Gasteiger partial charge in [-0.25, -0.2) is 12.8 Å². The summed E-state index contributed by atoms with van der Waals surface area (Å²) in [4.78, 5) is 25.1. The summed E-state index contributed by atoms with van der Waals surface area (Å²) in [6, 6.07) is 12.7. The molecule has 2 amide bonds. The number of hydrogen-bond donors (Lipinski definition) is 2. The minimum absolute atomic E-state index is 0.0795. The number of nitrogens with zero attached hydrogens (tertiary/aromatic N) is 2. The van der Waals surface area contributed by atoms with E-state index in [0.29, 0.717) is 24.5 Å². The van der Waals surface area contributed by atoms with Crippen molar-refractivity contribution in [3.8, 4) is 6.07 Å². The fourth-order valence-corrected chi connectivity index (χ4v) is 6.71. The van der Waals surface area contributed by atoms with Gasteiger partial charge in [-0.2, -0.15) is 9.57 Å². The van der Waals surface area contributed by atoms with Crippen LogP contribution in [0.5, 0.6) is 0 Å². The number of rotatable bonds is 7. The Morgan fingerprint density at radius 2 is 2.00 bits per heavy atom. The number of carbonyl (C=O) groups excluding carboxylic acids is 2. The van der Waals surface area contributed by atoms with Gasteiger partial charge in [-0.1, -0.05) is 36.0 Å². The number of ether oxygens (including phenoxy) is 1. The van der Waals surface area contributed by atoms with Crippen molar-refractivity contribution < 1.29 is 27.1 Å². The van der Waals surface area contributed by atoms with E-state index in [9.17, 15) is 27.7 Å². The Morgan fingerprint density at radius 1 is 1.27 bits per heavy atom. The lowest BCUT2D eigenvalue weighted by atomic mass is 9.87. The molecule has 4 rings (SSSR count). The number of benzene rings is 2. The number of aryl methyl sites for hydroxylation is 1. The first-order chi connectivity index (χ1) is 17.7. The molecule has 2 heterocycles. The standard InChI is InChI=1S/C25H25FN4O5S2/c1-16-6-7-17(12-22(16)37(33,34)30-8-10-35-11-9-30)28-24(32)15-36-25-20(14-27)19(13-23(31)29-25)18-4-2-3-5-21(18)26/h2-7,12,19H,8-11,13,15H2,1H3,(H,28,32)(H,29,31)/t19-/m0/s1. The van der Waals surface area contributed by atoms with Crippen molar-refractivity contribution in [2.45, 2.75) is 24.2 Å². The average molecular weight is 545 g/mol. The summed E-state index contributed by atoms with van der Waals surface area (Å²) in [5.74, 6) is -2.28. The third-order valence-electron chi connectivity index (χ3n) is 6.04. The maximum atomic E-state index is 14.4. The van der Waals surface area contributed by atoms with Gasteiger partial charge in [0.1, 0.15) is 5.82 Å². The van der Waals surface area contributed by atoms with E-state index in [-0.39, 0.29) is 52.2 Å². The number of nitriles is 1. The maximum absolute atomic E-state index is 14.4. The van der Waals surface area contributed by atoms with Gasteiger partial charge in [0.2, 0.25) is 21.8 Å². The van der Waals surface area contributed by atoms with Crippen molar-refractivity contribution in [2.75, 3.05) is 37.4 Å². The molecule has 12 heteroatoms. The van der Waals surface area contributed by atoms with Crippen molar-refractivity contribution >= 4 is 39.3 Å². The number of allylic oxidation sites excluding steroid dienone is 1. The Labute approximate surface area is 218 Å². The van der Waals surface area contributed by atoms with E-state index in [1.54, 1.807) is 25.1 Å². The van der Waals surface area contributed by atoms with Gasteiger partial charge in [-0.15, -0.1) is 0 Å². The monoisotopic (exact) mass is 544 g/mol. The fourth-order valence-electron chi connectivity index (χ4n) is 4.17. The summed E-state index contributed by atoms with van der Waals surface area (Å²) < 4.78 is 47.2. The molecule has 9 nitrogen and oxygen atoms in total. The fraction of sp³-hybridized carbons (Fsp3) is 0.320. The van der Waals surface area contributed by atoms with E-state index >= 15 is 0 Å². The first-order valence-corrected chi connectivity index (χ1v) is 13.9. The van der Waals surface area contributed by atoms with Crippen LogP contribution in [0.25, 0.3) is 0 Å². The Hall–Kier alpha value is -3.24. The number of hydrogen-bond acceptors (Lipinski definition) is 7. The molecule has 0 unspecified atom stereocenters. The van der Waals surface area contributed by atoms with E-state index < -0.39 is 27.7 Å². The van der Waals surface area contributed by atoms with Crippen LogP contribution >= 0.6 is 11.8 Å². The van der Waals surface area contributed by atoms with E-state index in [4.69, 9.17) is 4.74 Å². The molecular weight excluding hydrogens is 519 g/mol. The van der Waals surface area contributed by atoms with Crippen LogP contribution in [0.4, 0.5) is 10.1 Å². The Morgan fingerprint density at radius 3 is 2.70 bits per heavy atom. The molecule has 1 atom stereocenters. The van der Waals surface area contributed by atoms with Crippen LogP contribution in [0.15, 0.2) is 58.0 Å². The molecule has 0 aromatic heterocycles. The number of morpholine rings is 1. The molecule has 0 bridgehead atoms. The molecule has 0 saturated carbocycles. The average Bonchev–Trinajstić information content (AvgIpc) is 2.89. The second-order valence-electron chi connectivity index (χ2n) is 8.51. The predicted octanol–water partition coefficient (Wildman–Crippen LogP) is 2.87. The van der Waals surface area contributed by atoms with Crippen molar-refractivity contribution in [2.24, 2.45) is 0 Å². The van der Waals surface area contributed by atoms with E-state index in [0.717, 1.165) is 11.8 Å². The van der Waals surface area contributed by atoms with Crippen LogP contribution in [0.1, 0.15) is 23.5 Å². The number of thioether (sulfide) groups is 1. The van der Waals surface area contributed by atoms with E-state index in [2.05, 4.69) is 16.7 Å². The molecule has 1 saturated heterocycles. The zero-order chi connectivity index (χ0) is 26.6. The molecule has 1 fully saturated rings. The lowest BCUT2D eigenvalue weighted by Crippen LogP contribution is -2.40. The molecule has 2 aromatic carbocycles. The summed E-state index contributed by atoms with van der Waals surface area (Å²) in [6.45, 7) is 2.83. The van der Waals surface area contributed by atoms with E-state index in [1.807, 2.05) is 0 Å². The Bertz CT molecular complexity index is 1400. The largest absolute Gasteiger partial charge is 0.379 e. The lowest BCUT2D eigenvalue weighted by molar-refractivity contribution is -0.121. The van der Waals surface area contributed by atoms with Crippen LogP contribution < -0.4 is 10.6 Å². The second kappa shape index (κ2) is 11.4. The highest BCUT2D eigenvalue weighted by Gasteiger charge is 2.32. The van der Waals surface area contributed by atoms with Crippen LogP contribution in [0.3, 0.4) is 0 Å². The van der Waals surface area contributed by atoms with Gasteiger partial charge in [0.25, 0.3) is 0 Å². The molecule has 0 aliphatic carbocycles. The number of sulfonamides is 1. The van der Waals surface area contributed by atoms with Crippen LogP contribution in [-0.4, -0.2) is 56.6 Å². The molecular formula is C25H25FN4O5S2. The molecule has 2 N–H and O–H groups in total. The zero-order valence-electron chi connectivity index (χ0n) is 20.0. The van der Waals surface area contributed by atoms with Crippen LogP contribution in [-0.2, 0) is 24.3 Å².